The molecule has 2 N–H and O–H groups in total. The molecular formula is C25H35N5O2. The van der Waals surface area contributed by atoms with Crippen LogP contribution in [0.5, 0.6) is 0 Å². The lowest BCUT2D eigenvalue weighted by molar-refractivity contribution is -0.142. The third kappa shape index (κ3) is 5.64. The molecule has 2 aromatic rings. The van der Waals surface area contributed by atoms with Crippen LogP contribution in [0.1, 0.15) is 57.1 Å². The molecule has 0 saturated carbocycles. The quantitative estimate of drug-likeness (QED) is 0.694. The molecule has 1 aromatic carbocycles. The maximum absolute atomic E-state index is 13.4. The molecule has 1 atom stereocenters. The fourth-order valence-corrected chi connectivity index (χ4v) is 4.32. The molecule has 32 heavy (non-hydrogen) atoms. The van der Waals surface area contributed by atoms with Crippen LogP contribution in [0, 0.1) is 6.92 Å². The van der Waals surface area contributed by atoms with Crippen molar-refractivity contribution < 1.29 is 9.59 Å². The Labute approximate surface area is 191 Å². The van der Waals surface area contributed by atoms with Crippen molar-refractivity contribution in [3.63, 3.8) is 0 Å². The number of anilines is 1. The highest BCUT2D eigenvalue weighted by molar-refractivity contribution is 5.91. The zero-order valence-corrected chi connectivity index (χ0v) is 19.9. The fourth-order valence-electron chi connectivity index (χ4n) is 4.32. The SMILES string of the molecule is CNc1cc(C)nc([C@]2(C)CCCN(C(=O)C(C)(C)NC(=O)CCc3ccccc3)C2)n1. The summed E-state index contributed by atoms with van der Waals surface area (Å²) in [6, 6.07) is 11.8. The Bertz CT molecular complexity index is 960. The van der Waals surface area contributed by atoms with Crippen LogP contribution in [-0.4, -0.2) is 52.4 Å². The second-order valence-corrected chi connectivity index (χ2v) is 9.52. The van der Waals surface area contributed by atoms with Crippen LogP contribution in [0.25, 0.3) is 0 Å². The number of aromatic nitrogens is 2. The first-order valence-electron chi connectivity index (χ1n) is 11.3. The van der Waals surface area contributed by atoms with Crippen LogP contribution in [-0.2, 0) is 21.4 Å². The average molecular weight is 438 g/mol. The van der Waals surface area contributed by atoms with Gasteiger partial charge in [-0.15, -0.1) is 0 Å². The Morgan fingerprint density at radius 2 is 1.91 bits per heavy atom. The molecule has 7 nitrogen and oxygen atoms in total. The molecule has 0 spiro atoms. The van der Waals surface area contributed by atoms with Crippen molar-refractivity contribution >= 4 is 17.6 Å². The lowest BCUT2D eigenvalue weighted by Gasteiger charge is -2.42. The summed E-state index contributed by atoms with van der Waals surface area (Å²) in [7, 11) is 1.84. The summed E-state index contributed by atoms with van der Waals surface area (Å²) in [5.41, 5.74) is 0.696. The van der Waals surface area contributed by atoms with E-state index in [0.717, 1.165) is 35.7 Å². The van der Waals surface area contributed by atoms with E-state index >= 15 is 0 Å². The summed E-state index contributed by atoms with van der Waals surface area (Å²) in [4.78, 5) is 37.2. The van der Waals surface area contributed by atoms with Crippen LogP contribution in [0.15, 0.2) is 36.4 Å². The molecule has 1 fully saturated rings. The van der Waals surface area contributed by atoms with E-state index in [1.54, 1.807) is 13.8 Å². The van der Waals surface area contributed by atoms with Gasteiger partial charge in [-0.2, -0.15) is 0 Å². The molecule has 2 heterocycles. The predicted octanol–water partition coefficient (Wildman–Crippen LogP) is 3.23. The van der Waals surface area contributed by atoms with E-state index in [0.29, 0.717) is 25.9 Å². The van der Waals surface area contributed by atoms with Gasteiger partial charge in [0.2, 0.25) is 11.8 Å². The second kappa shape index (κ2) is 9.67. The number of rotatable bonds is 7. The number of hydrogen-bond acceptors (Lipinski definition) is 5. The van der Waals surface area contributed by atoms with Crippen molar-refractivity contribution in [3.8, 4) is 0 Å². The summed E-state index contributed by atoms with van der Waals surface area (Å²) in [6.45, 7) is 8.83. The van der Waals surface area contributed by atoms with E-state index in [1.165, 1.54) is 0 Å². The van der Waals surface area contributed by atoms with E-state index in [1.807, 2.05) is 55.3 Å². The number of carbonyl (C=O) groups is 2. The Hall–Kier alpha value is -2.96. The van der Waals surface area contributed by atoms with Gasteiger partial charge >= 0.3 is 0 Å². The van der Waals surface area contributed by atoms with Crippen LogP contribution >= 0.6 is 0 Å². The minimum Gasteiger partial charge on any atom is -0.373 e. The largest absolute Gasteiger partial charge is 0.373 e. The van der Waals surface area contributed by atoms with Crippen LogP contribution < -0.4 is 10.6 Å². The van der Waals surface area contributed by atoms with E-state index in [2.05, 4.69) is 27.5 Å². The predicted molar refractivity (Wildman–Crippen MR) is 126 cm³/mol. The number of hydrogen-bond donors (Lipinski definition) is 2. The Kier molecular flexibility index (Phi) is 7.16. The van der Waals surface area contributed by atoms with Gasteiger partial charge in [0, 0.05) is 43.7 Å². The standard InChI is InChI=1S/C25H35N5O2/c1-18-16-20(26-5)28-22(27-18)25(4)14-9-15-30(17-25)23(32)24(2,3)29-21(31)13-12-19-10-7-6-8-11-19/h6-8,10-11,16H,9,12-15,17H2,1-5H3,(H,29,31)(H,26,27,28)/t25-/m1/s1. The number of nitrogens with one attached hydrogen (secondary N) is 2. The van der Waals surface area contributed by atoms with Crippen LogP contribution in [0.4, 0.5) is 5.82 Å². The zero-order valence-electron chi connectivity index (χ0n) is 19.9. The third-order valence-electron chi connectivity index (χ3n) is 6.10. The molecule has 1 saturated heterocycles. The first-order valence-corrected chi connectivity index (χ1v) is 11.3. The Morgan fingerprint density at radius 3 is 2.59 bits per heavy atom. The molecule has 1 aromatic heterocycles. The van der Waals surface area contributed by atoms with Crippen molar-refractivity contribution in [2.24, 2.45) is 0 Å². The summed E-state index contributed by atoms with van der Waals surface area (Å²) < 4.78 is 0. The summed E-state index contributed by atoms with van der Waals surface area (Å²) in [6.07, 6.45) is 2.78. The van der Waals surface area contributed by atoms with E-state index < -0.39 is 5.54 Å². The van der Waals surface area contributed by atoms with Gasteiger partial charge in [-0.3, -0.25) is 9.59 Å². The highest BCUT2D eigenvalue weighted by Crippen LogP contribution is 2.33. The maximum atomic E-state index is 13.4. The number of nitrogens with zero attached hydrogens (tertiary/aromatic N) is 3. The van der Waals surface area contributed by atoms with Crippen molar-refractivity contribution in [1.82, 2.24) is 20.2 Å². The minimum atomic E-state index is -0.977. The smallest absolute Gasteiger partial charge is 0.247 e. The van der Waals surface area contributed by atoms with Crippen LogP contribution in [0.2, 0.25) is 0 Å². The van der Waals surface area contributed by atoms with Crippen molar-refractivity contribution in [3.05, 3.63) is 53.5 Å². The highest BCUT2D eigenvalue weighted by Gasteiger charge is 2.41. The molecule has 0 bridgehead atoms. The lowest BCUT2D eigenvalue weighted by atomic mass is 9.80. The molecule has 7 heteroatoms. The molecule has 3 rings (SSSR count). The van der Waals surface area contributed by atoms with Gasteiger partial charge in [-0.1, -0.05) is 37.3 Å². The summed E-state index contributed by atoms with van der Waals surface area (Å²) in [5, 5.41) is 6.04. The topological polar surface area (TPSA) is 87.2 Å². The van der Waals surface area contributed by atoms with Crippen molar-refractivity contribution in [2.45, 2.75) is 64.3 Å². The van der Waals surface area contributed by atoms with E-state index in [-0.39, 0.29) is 17.2 Å². The molecule has 172 valence electrons. The molecule has 2 amide bonds. The van der Waals surface area contributed by atoms with Gasteiger partial charge in [-0.25, -0.2) is 9.97 Å². The van der Waals surface area contributed by atoms with Gasteiger partial charge in [0.15, 0.2) is 0 Å². The van der Waals surface area contributed by atoms with Gasteiger partial charge in [0.05, 0.1) is 0 Å². The monoisotopic (exact) mass is 437 g/mol. The first-order chi connectivity index (χ1) is 15.1. The number of likely N-dealkylation sites (tertiary alicyclic amines) is 1. The molecular weight excluding hydrogens is 402 g/mol. The number of piperidine rings is 1. The number of aryl methyl sites for hydroxylation is 2. The Balaban J connectivity index is 1.66. The lowest BCUT2D eigenvalue weighted by Crippen LogP contribution is -2.59. The van der Waals surface area contributed by atoms with Gasteiger partial charge in [-0.05, 0) is 45.6 Å². The summed E-state index contributed by atoms with van der Waals surface area (Å²) in [5.74, 6) is 1.35. The minimum absolute atomic E-state index is 0.0713. The number of amides is 2. The maximum Gasteiger partial charge on any atom is 0.247 e. The van der Waals surface area contributed by atoms with Crippen molar-refractivity contribution in [1.29, 1.82) is 0 Å². The third-order valence-corrected chi connectivity index (χ3v) is 6.10. The highest BCUT2D eigenvalue weighted by atomic mass is 16.2. The molecule has 0 unspecified atom stereocenters. The van der Waals surface area contributed by atoms with E-state index in [9.17, 15) is 9.59 Å². The normalized spacial score (nSPS) is 18.8. The molecule has 1 aliphatic heterocycles. The van der Waals surface area contributed by atoms with Crippen LogP contribution in [0.3, 0.4) is 0 Å². The molecule has 0 aliphatic carbocycles. The van der Waals surface area contributed by atoms with E-state index in [4.69, 9.17) is 0 Å². The number of benzene rings is 1. The first kappa shape index (κ1) is 23.7. The fraction of sp³-hybridized carbons (Fsp3) is 0.520. The average Bonchev–Trinajstić information content (AvgIpc) is 2.77. The number of carbonyl (C=O) groups excluding carboxylic acids is 2. The zero-order chi connectivity index (χ0) is 23.4. The van der Waals surface area contributed by atoms with Crippen molar-refractivity contribution in [2.75, 3.05) is 25.5 Å². The Morgan fingerprint density at radius 1 is 1.19 bits per heavy atom. The summed E-state index contributed by atoms with van der Waals surface area (Å²) >= 11 is 0. The van der Waals surface area contributed by atoms with Gasteiger partial charge in [0.25, 0.3) is 0 Å². The molecule has 1 aliphatic rings. The molecule has 0 radical (unpaired) electrons. The van der Waals surface area contributed by atoms with Gasteiger partial charge in [0.1, 0.15) is 17.2 Å². The van der Waals surface area contributed by atoms with Gasteiger partial charge < -0.3 is 15.5 Å². The second-order valence-electron chi connectivity index (χ2n) is 9.52.